The van der Waals surface area contributed by atoms with Crippen LogP contribution in [0.15, 0.2) is 0 Å². The van der Waals surface area contributed by atoms with Crippen LogP contribution in [0, 0.1) is 5.92 Å². The summed E-state index contributed by atoms with van der Waals surface area (Å²) in [4.78, 5) is 27.3. The number of carbonyl (C=O) groups excluding carboxylic acids is 2. The van der Waals surface area contributed by atoms with Crippen molar-refractivity contribution in [3.63, 3.8) is 0 Å². The molecule has 0 aromatic carbocycles. The van der Waals surface area contributed by atoms with Crippen molar-refractivity contribution in [3.8, 4) is 0 Å². The summed E-state index contributed by atoms with van der Waals surface area (Å²) in [7, 11) is 1.37. The van der Waals surface area contributed by atoms with Crippen LogP contribution in [0.2, 0.25) is 0 Å². The minimum Gasteiger partial charge on any atom is -0.469 e. The SMILES string of the molecule is COC(=O)C1CC(=O)N(CCN2CCNCC2)C1. The van der Waals surface area contributed by atoms with Crippen LogP contribution in [0.4, 0.5) is 0 Å². The Kier molecular flexibility index (Phi) is 4.54. The molecular weight excluding hydrogens is 234 g/mol. The molecule has 0 aromatic heterocycles. The molecule has 18 heavy (non-hydrogen) atoms. The third-order valence-corrected chi connectivity index (χ3v) is 3.64. The fourth-order valence-electron chi connectivity index (χ4n) is 2.51. The summed E-state index contributed by atoms with van der Waals surface area (Å²) in [6, 6.07) is 0. The van der Waals surface area contributed by atoms with Crippen molar-refractivity contribution in [3.05, 3.63) is 0 Å². The lowest BCUT2D eigenvalue weighted by Crippen LogP contribution is -2.46. The molecule has 2 saturated heterocycles. The number of hydrogen-bond acceptors (Lipinski definition) is 5. The highest BCUT2D eigenvalue weighted by Crippen LogP contribution is 2.18. The van der Waals surface area contributed by atoms with Gasteiger partial charge in [0, 0.05) is 52.2 Å². The van der Waals surface area contributed by atoms with E-state index >= 15 is 0 Å². The van der Waals surface area contributed by atoms with Gasteiger partial charge in [-0.2, -0.15) is 0 Å². The number of esters is 1. The van der Waals surface area contributed by atoms with Crippen LogP contribution < -0.4 is 5.32 Å². The van der Waals surface area contributed by atoms with E-state index in [4.69, 9.17) is 0 Å². The second-order valence-electron chi connectivity index (χ2n) is 4.86. The molecule has 0 aliphatic carbocycles. The Labute approximate surface area is 107 Å². The predicted molar refractivity (Wildman–Crippen MR) is 66.0 cm³/mol. The van der Waals surface area contributed by atoms with E-state index in [1.807, 2.05) is 0 Å². The number of nitrogens with zero attached hydrogens (tertiary/aromatic N) is 2. The number of amides is 1. The molecule has 0 radical (unpaired) electrons. The summed E-state index contributed by atoms with van der Waals surface area (Å²) < 4.78 is 4.69. The maximum absolute atomic E-state index is 11.8. The largest absolute Gasteiger partial charge is 0.469 e. The molecule has 0 aromatic rings. The van der Waals surface area contributed by atoms with Crippen LogP contribution in [0.5, 0.6) is 0 Å². The molecule has 0 saturated carbocycles. The normalized spacial score (nSPS) is 25.5. The second-order valence-corrected chi connectivity index (χ2v) is 4.86. The zero-order chi connectivity index (χ0) is 13.0. The van der Waals surface area contributed by atoms with E-state index in [9.17, 15) is 9.59 Å². The molecule has 1 amide bonds. The van der Waals surface area contributed by atoms with Crippen molar-refractivity contribution in [2.75, 3.05) is 52.9 Å². The lowest BCUT2D eigenvalue weighted by molar-refractivity contribution is -0.145. The molecule has 1 N–H and O–H groups in total. The summed E-state index contributed by atoms with van der Waals surface area (Å²) >= 11 is 0. The standard InChI is InChI=1S/C12H21N3O3/c1-18-12(17)10-8-11(16)15(9-10)7-6-14-4-2-13-3-5-14/h10,13H,2-9H2,1H3. The van der Waals surface area contributed by atoms with Gasteiger partial charge in [0.15, 0.2) is 0 Å². The number of nitrogens with one attached hydrogen (secondary N) is 1. The fraction of sp³-hybridized carbons (Fsp3) is 0.833. The molecule has 2 heterocycles. The monoisotopic (exact) mass is 255 g/mol. The maximum Gasteiger partial charge on any atom is 0.310 e. The highest BCUT2D eigenvalue weighted by molar-refractivity contribution is 5.86. The summed E-state index contributed by atoms with van der Waals surface area (Å²) in [5, 5.41) is 3.30. The first kappa shape index (κ1) is 13.3. The van der Waals surface area contributed by atoms with E-state index in [2.05, 4.69) is 15.0 Å². The van der Waals surface area contributed by atoms with E-state index in [0.717, 1.165) is 32.7 Å². The Morgan fingerprint density at radius 1 is 1.39 bits per heavy atom. The first-order valence-corrected chi connectivity index (χ1v) is 6.49. The maximum atomic E-state index is 11.8. The van der Waals surface area contributed by atoms with Crippen molar-refractivity contribution >= 4 is 11.9 Å². The van der Waals surface area contributed by atoms with Crippen molar-refractivity contribution < 1.29 is 14.3 Å². The first-order chi connectivity index (χ1) is 8.70. The highest BCUT2D eigenvalue weighted by Gasteiger charge is 2.34. The van der Waals surface area contributed by atoms with E-state index in [1.165, 1.54) is 7.11 Å². The van der Waals surface area contributed by atoms with Crippen molar-refractivity contribution in [2.45, 2.75) is 6.42 Å². The van der Waals surface area contributed by atoms with Gasteiger partial charge < -0.3 is 15.0 Å². The van der Waals surface area contributed by atoms with Crippen LogP contribution in [-0.4, -0.2) is 74.6 Å². The van der Waals surface area contributed by atoms with Gasteiger partial charge in [-0.1, -0.05) is 0 Å². The average molecular weight is 255 g/mol. The zero-order valence-corrected chi connectivity index (χ0v) is 10.9. The Morgan fingerprint density at radius 3 is 2.78 bits per heavy atom. The Balaban J connectivity index is 1.76. The van der Waals surface area contributed by atoms with E-state index in [1.54, 1.807) is 4.90 Å². The number of ether oxygens (including phenoxy) is 1. The van der Waals surface area contributed by atoms with Gasteiger partial charge in [0.2, 0.25) is 5.91 Å². The molecule has 1 atom stereocenters. The van der Waals surface area contributed by atoms with Crippen molar-refractivity contribution in [1.82, 2.24) is 15.1 Å². The first-order valence-electron chi connectivity index (χ1n) is 6.49. The summed E-state index contributed by atoms with van der Waals surface area (Å²) in [6.45, 7) is 6.20. The number of methoxy groups -OCH3 is 1. The molecule has 1 unspecified atom stereocenters. The minimum atomic E-state index is -0.273. The molecular formula is C12H21N3O3. The van der Waals surface area contributed by atoms with E-state index < -0.39 is 0 Å². The van der Waals surface area contributed by atoms with Crippen molar-refractivity contribution in [2.24, 2.45) is 5.92 Å². The third kappa shape index (κ3) is 3.20. The molecule has 2 aliphatic rings. The smallest absolute Gasteiger partial charge is 0.310 e. The minimum absolute atomic E-state index is 0.0699. The lowest BCUT2D eigenvalue weighted by atomic mass is 10.1. The number of carbonyl (C=O) groups is 2. The van der Waals surface area contributed by atoms with Gasteiger partial charge in [-0.15, -0.1) is 0 Å². The van der Waals surface area contributed by atoms with E-state index in [-0.39, 0.29) is 17.8 Å². The van der Waals surface area contributed by atoms with Gasteiger partial charge in [0.25, 0.3) is 0 Å². The van der Waals surface area contributed by atoms with Crippen LogP contribution in [0.1, 0.15) is 6.42 Å². The van der Waals surface area contributed by atoms with Gasteiger partial charge in [-0.25, -0.2) is 0 Å². The average Bonchev–Trinajstić information content (AvgIpc) is 2.78. The van der Waals surface area contributed by atoms with Crippen LogP contribution in [-0.2, 0) is 14.3 Å². The van der Waals surface area contributed by atoms with Gasteiger partial charge in [-0.3, -0.25) is 14.5 Å². The zero-order valence-electron chi connectivity index (χ0n) is 10.9. The molecule has 6 heteroatoms. The van der Waals surface area contributed by atoms with Gasteiger partial charge in [-0.05, 0) is 0 Å². The topological polar surface area (TPSA) is 61.9 Å². The Hall–Kier alpha value is -1.14. The van der Waals surface area contributed by atoms with Crippen LogP contribution >= 0.6 is 0 Å². The lowest BCUT2D eigenvalue weighted by Gasteiger charge is -2.29. The third-order valence-electron chi connectivity index (χ3n) is 3.64. The number of likely N-dealkylation sites (tertiary alicyclic amines) is 1. The molecule has 2 fully saturated rings. The summed E-state index contributed by atoms with van der Waals surface area (Å²) in [5.41, 5.74) is 0. The second kappa shape index (κ2) is 6.15. The van der Waals surface area contributed by atoms with Gasteiger partial charge in [0.05, 0.1) is 13.0 Å². The predicted octanol–water partition coefficient (Wildman–Crippen LogP) is -1.09. The molecule has 2 rings (SSSR count). The molecule has 0 spiro atoms. The molecule has 2 aliphatic heterocycles. The number of piperazine rings is 1. The molecule has 102 valence electrons. The molecule has 6 nitrogen and oxygen atoms in total. The fourth-order valence-corrected chi connectivity index (χ4v) is 2.51. The van der Waals surface area contributed by atoms with E-state index in [0.29, 0.717) is 19.5 Å². The Morgan fingerprint density at radius 2 is 2.11 bits per heavy atom. The Bertz CT molecular complexity index is 316. The van der Waals surface area contributed by atoms with Gasteiger partial charge >= 0.3 is 5.97 Å². The summed E-state index contributed by atoms with van der Waals surface area (Å²) in [5.74, 6) is -0.473. The quantitative estimate of drug-likeness (QED) is 0.647. The van der Waals surface area contributed by atoms with Crippen LogP contribution in [0.3, 0.4) is 0 Å². The summed E-state index contributed by atoms with van der Waals surface area (Å²) in [6.07, 6.45) is 0.300. The number of hydrogen-bond donors (Lipinski definition) is 1. The van der Waals surface area contributed by atoms with Crippen LogP contribution in [0.25, 0.3) is 0 Å². The number of rotatable bonds is 4. The van der Waals surface area contributed by atoms with Crippen molar-refractivity contribution in [1.29, 1.82) is 0 Å². The molecule has 0 bridgehead atoms. The van der Waals surface area contributed by atoms with Gasteiger partial charge in [0.1, 0.15) is 0 Å². The highest BCUT2D eigenvalue weighted by atomic mass is 16.5.